The van der Waals surface area contributed by atoms with Gasteiger partial charge in [-0.3, -0.25) is 9.48 Å². The van der Waals surface area contributed by atoms with E-state index in [1.165, 1.54) is 6.20 Å². The maximum atomic E-state index is 11.8. The number of hydrogen-bond acceptors (Lipinski definition) is 4. The average molecular weight is 226 g/mol. The van der Waals surface area contributed by atoms with Crippen molar-refractivity contribution < 1.29 is 4.79 Å². The highest BCUT2D eigenvalue weighted by Crippen LogP contribution is 2.27. The third kappa shape index (κ3) is 2.09. The lowest BCUT2D eigenvalue weighted by Crippen LogP contribution is -2.24. The van der Waals surface area contributed by atoms with Crippen LogP contribution in [0.5, 0.6) is 0 Å². The lowest BCUT2D eigenvalue weighted by molar-refractivity contribution is -0.115. The quantitative estimate of drug-likeness (QED) is 0.783. The third-order valence-electron chi connectivity index (χ3n) is 2.43. The number of carbonyl (C=O) groups is 1. The van der Waals surface area contributed by atoms with Gasteiger partial charge in [0.25, 0.3) is 0 Å². The van der Waals surface area contributed by atoms with Gasteiger partial charge in [-0.1, -0.05) is 0 Å². The first-order valence-corrected chi connectivity index (χ1v) is 5.93. The first-order valence-electron chi connectivity index (χ1n) is 4.88. The van der Waals surface area contributed by atoms with Gasteiger partial charge in [-0.25, -0.2) is 0 Å². The summed E-state index contributed by atoms with van der Waals surface area (Å²) < 4.78 is 1.58. The van der Waals surface area contributed by atoms with Crippen molar-refractivity contribution in [1.82, 2.24) is 9.78 Å². The van der Waals surface area contributed by atoms with E-state index in [0.29, 0.717) is 11.5 Å². The van der Waals surface area contributed by atoms with Crippen LogP contribution in [0.2, 0.25) is 0 Å². The number of nitrogens with two attached hydrogens (primary N) is 1. The molecular formula is C9H14N4OS. The van der Waals surface area contributed by atoms with E-state index in [1.54, 1.807) is 23.5 Å². The number of nitrogens with one attached hydrogen (secondary N) is 1. The van der Waals surface area contributed by atoms with Crippen LogP contribution in [0.15, 0.2) is 6.20 Å². The van der Waals surface area contributed by atoms with Gasteiger partial charge < -0.3 is 11.1 Å². The van der Waals surface area contributed by atoms with E-state index < -0.39 is 0 Å². The number of carbonyl (C=O) groups excluding carboxylic acids is 1. The molecule has 0 radical (unpaired) electrons. The lowest BCUT2D eigenvalue weighted by atomic mass is 10.2. The number of rotatable bonds is 2. The zero-order chi connectivity index (χ0) is 10.8. The number of amides is 1. The first kappa shape index (κ1) is 10.4. The van der Waals surface area contributed by atoms with Crippen molar-refractivity contribution in [2.45, 2.75) is 18.1 Å². The molecule has 5 nitrogen and oxygen atoms in total. The fourth-order valence-corrected chi connectivity index (χ4v) is 2.75. The Hall–Kier alpha value is -1.17. The maximum absolute atomic E-state index is 11.8. The minimum atomic E-state index is 0.0350. The van der Waals surface area contributed by atoms with E-state index in [-0.39, 0.29) is 11.2 Å². The van der Waals surface area contributed by atoms with Gasteiger partial charge in [0.05, 0.1) is 17.1 Å². The molecule has 1 saturated heterocycles. The molecule has 1 aliphatic heterocycles. The molecule has 0 spiro atoms. The molecule has 1 unspecified atom stereocenters. The van der Waals surface area contributed by atoms with Crippen molar-refractivity contribution in [3.05, 3.63) is 6.20 Å². The Morgan fingerprint density at radius 3 is 3.13 bits per heavy atom. The SMILES string of the molecule is Cn1ncc(N)c1NC(=O)C1CCCS1. The Morgan fingerprint density at radius 2 is 2.60 bits per heavy atom. The van der Waals surface area contributed by atoms with E-state index in [1.807, 2.05) is 0 Å². The number of anilines is 2. The molecule has 6 heteroatoms. The van der Waals surface area contributed by atoms with Crippen LogP contribution in [-0.2, 0) is 11.8 Å². The Kier molecular flexibility index (Phi) is 2.86. The van der Waals surface area contributed by atoms with Crippen LogP contribution in [0.1, 0.15) is 12.8 Å². The molecule has 1 amide bonds. The number of hydrogen-bond donors (Lipinski definition) is 2. The van der Waals surface area contributed by atoms with Crippen LogP contribution in [0.3, 0.4) is 0 Å². The summed E-state index contributed by atoms with van der Waals surface area (Å²) in [5.41, 5.74) is 6.19. The molecule has 1 aromatic rings. The summed E-state index contributed by atoms with van der Waals surface area (Å²) in [5.74, 6) is 1.69. The summed E-state index contributed by atoms with van der Waals surface area (Å²) >= 11 is 1.70. The fourth-order valence-electron chi connectivity index (χ4n) is 1.59. The van der Waals surface area contributed by atoms with Crippen molar-refractivity contribution in [1.29, 1.82) is 0 Å². The molecule has 2 rings (SSSR count). The van der Waals surface area contributed by atoms with Crippen molar-refractivity contribution in [3.63, 3.8) is 0 Å². The minimum Gasteiger partial charge on any atom is -0.394 e. The summed E-state index contributed by atoms with van der Waals surface area (Å²) in [6, 6.07) is 0. The Bertz CT molecular complexity index is 351. The predicted octanol–water partition coefficient (Wildman–Crippen LogP) is 0.836. The number of thioether (sulfide) groups is 1. The number of nitrogen functional groups attached to an aromatic ring is 1. The summed E-state index contributed by atoms with van der Waals surface area (Å²) in [7, 11) is 1.76. The summed E-state index contributed by atoms with van der Waals surface area (Å²) in [6.45, 7) is 0. The van der Waals surface area contributed by atoms with E-state index in [9.17, 15) is 4.79 Å². The van der Waals surface area contributed by atoms with Crippen molar-refractivity contribution in [2.24, 2.45) is 7.05 Å². The van der Waals surface area contributed by atoms with Crippen LogP contribution >= 0.6 is 11.8 Å². The van der Waals surface area contributed by atoms with E-state index in [2.05, 4.69) is 10.4 Å². The Morgan fingerprint density at radius 1 is 1.80 bits per heavy atom. The molecule has 0 bridgehead atoms. The van der Waals surface area contributed by atoms with Crippen LogP contribution in [0.4, 0.5) is 11.5 Å². The number of aryl methyl sites for hydroxylation is 1. The molecule has 15 heavy (non-hydrogen) atoms. The second-order valence-corrected chi connectivity index (χ2v) is 4.87. The van der Waals surface area contributed by atoms with Gasteiger partial charge in [-0.05, 0) is 18.6 Å². The minimum absolute atomic E-state index is 0.0350. The van der Waals surface area contributed by atoms with Crippen molar-refractivity contribution in [3.8, 4) is 0 Å². The summed E-state index contributed by atoms with van der Waals surface area (Å²) in [6.07, 6.45) is 3.61. The normalized spacial score (nSPS) is 20.5. The Balaban J connectivity index is 2.05. The monoisotopic (exact) mass is 226 g/mol. The highest BCUT2D eigenvalue weighted by molar-refractivity contribution is 8.00. The Labute approximate surface area is 92.4 Å². The first-order chi connectivity index (χ1) is 7.18. The van der Waals surface area contributed by atoms with E-state index in [4.69, 9.17) is 5.73 Å². The van der Waals surface area contributed by atoms with Gasteiger partial charge in [-0.2, -0.15) is 5.10 Å². The van der Waals surface area contributed by atoms with Gasteiger partial charge >= 0.3 is 0 Å². The second-order valence-electron chi connectivity index (χ2n) is 3.56. The van der Waals surface area contributed by atoms with Crippen LogP contribution < -0.4 is 11.1 Å². The van der Waals surface area contributed by atoms with Gasteiger partial charge in [0.15, 0.2) is 5.82 Å². The van der Waals surface area contributed by atoms with E-state index in [0.717, 1.165) is 18.6 Å². The molecule has 1 atom stereocenters. The molecule has 0 aliphatic carbocycles. The van der Waals surface area contributed by atoms with Crippen LogP contribution in [0.25, 0.3) is 0 Å². The topological polar surface area (TPSA) is 72.9 Å². The number of aromatic nitrogens is 2. The largest absolute Gasteiger partial charge is 0.394 e. The zero-order valence-electron chi connectivity index (χ0n) is 8.56. The highest BCUT2D eigenvalue weighted by Gasteiger charge is 2.24. The zero-order valence-corrected chi connectivity index (χ0v) is 9.38. The smallest absolute Gasteiger partial charge is 0.238 e. The fraction of sp³-hybridized carbons (Fsp3) is 0.556. The van der Waals surface area contributed by atoms with Crippen LogP contribution in [-0.4, -0.2) is 26.7 Å². The summed E-state index contributed by atoms with van der Waals surface area (Å²) in [4.78, 5) is 11.8. The lowest BCUT2D eigenvalue weighted by Gasteiger charge is -2.10. The standard InChI is InChI=1S/C9H14N4OS/c1-13-8(6(10)5-11-13)12-9(14)7-3-2-4-15-7/h5,7H,2-4,10H2,1H3,(H,12,14). The predicted molar refractivity (Wildman–Crippen MR) is 61.7 cm³/mol. The third-order valence-corrected chi connectivity index (χ3v) is 3.81. The molecule has 1 aliphatic rings. The van der Waals surface area contributed by atoms with Gasteiger partial charge in [0.2, 0.25) is 5.91 Å². The molecular weight excluding hydrogens is 212 g/mol. The van der Waals surface area contributed by atoms with Crippen molar-refractivity contribution in [2.75, 3.05) is 16.8 Å². The maximum Gasteiger partial charge on any atom is 0.238 e. The van der Waals surface area contributed by atoms with Crippen molar-refractivity contribution >= 4 is 29.2 Å². The average Bonchev–Trinajstić information content (AvgIpc) is 2.82. The second kappa shape index (κ2) is 4.14. The van der Waals surface area contributed by atoms with Gasteiger partial charge in [-0.15, -0.1) is 11.8 Å². The number of nitrogens with zero attached hydrogens (tertiary/aromatic N) is 2. The molecule has 1 fully saturated rings. The molecule has 0 aromatic carbocycles. The highest BCUT2D eigenvalue weighted by atomic mass is 32.2. The molecule has 2 heterocycles. The summed E-state index contributed by atoms with van der Waals surface area (Å²) in [5, 5.41) is 6.85. The molecule has 82 valence electrons. The van der Waals surface area contributed by atoms with E-state index >= 15 is 0 Å². The molecule has 3 N–H and O–H groups in total. The molecule has 0 saturated carbocycles. The molecule has 1 aromatic heterocycles. The van der Waals surface area contributed by atoms with Gasteiger partial charge in [0, 0.05) is 7.05 Å². The van der Waals surface area contributed by atoms with Crippen LogP contribution in [0, 0.1) is 0 Å². The van der Waals surface area contributed by atoms with Gasteiger partial charge in [0.1, 0.15) is 0 Å².